The Bertz CT molecular complexity index is 692. The molecule has 0 bridgehead atoms. The zero-order valence-corrected chi connectivity index (χ0v) is 13.7. The van der Waals surface area contributed by atoms with Crippen molar-refractivity contribution in [2.75, 3.05) is 0 Å². The van der Waals surface area contributed by atoms with Gasteiger partial charge >= 0.3 is 0 Å². The number of hydrogen-bond acceptors (Lipinski definition) is 2. The Labute approximate surface area is 139 Å². The zero-order chi connectivity index (χ0) is 14.9. The lowest BCUT2D eigenvalue weighted by atomic mass is 10.2. The smallest absolute Gasteiger partial charge is 0.147 e. The molecule has 0 aliphatic carbocycles. The number of rotatable bonds is 3. The highest BCUT2D eigenvalue weighted by Gasteiger charge is 2.12. The molecule has 0 aromatic heterocycles. The van der Waals surface area contributed by atoms with Crippen molar-refractivity contribution >= 4 is 56.6 Å². The lowest BCUT2D eigenvalue weighted by Gasteiger charge is -2.12. The minimum absolute atomic E-state index is 0.108. The SMILES string of the molecule is N=C(N)c1ccc(Br)cc1Oc1cc(Cl)c(Cl)cc1Cl. The van der Waals surface area contributed by atoms with E-state index in [1.165, 1.54) is 12.1 Å². The van der Waals surface area contributed by atoms with Gasteiger partial charge in [0.2, 0.25) is 0 Å². The van der Waals surface area contributed by atoms with Gasteiger partial charge in [-0.2, -0.15) is 0 Å². The second-order valence-electron chi connectivity index (χ2n) is 3.85. The van der Waals surface area contributed by atoms with Crippen LogP contribution in [0.1, 0.15) is 5.56 Å². The molecule has 0 fully saturated rings. The van der Waals surface area contributed by atoms with Crippen LogP contribution in [0.3, 0.4) is 0 Å². The molecule has 0 atom stereocenters. The molecule has 0 unspecified atom stereocenters. The largest absolute Gasteiger partial charge is 0.455 e. The predicted octanol–water partition coefficient (Wildman–Crippen LogP) is 5.49. The van der Waals surface area contributed by atoms with Crippen LogP contribution in [0, 0.1) is 5.41 Å². The first-order valence-electron chi connectivity index (χ1n) is 5.35. The lowest BCUT2D eigenvalue weighted by Crippen LogP contribution is -2.12. The van der Waals surface area contributed by atoms with Gasteiger partial charge < -0.3 is 10.5 Å². The number of ether oxygens (including phenoxy) is 1. The van der Waals surface area contributed by atoms with E-state index in [1.54, 1.807) is 18.2 Å². The fourth-order valence-corrected chi connectivity index (χ4v) is 2.42. The normalized spacial score (nSPS) is 10.4. The summed E-state index contributed by atoms with van der Waals surface area (Å²) in [6, 6.07) is 8.13. The van der Waals surface area contributed by atoms with Gasteiger partial charge in [0.1, 0.15) is 17.3 Å². The maximum absolute atomic E-state index is 7.54. The number of halogens is 4. The van der Waals surface area contributed by atoms with Gasteiger partial charge in [-0.3, -0.25) is 5.41 Å². The molecule has 0 radical (unpaired) electrons. The Hall–Kier alpha value is -0.940. The highest BCUT2D eigenvalue weighted by molar-refractivity contribution is 9.10. The van der Waals surface area contributed by atoms with E-state index in [4.69, 9.17) is 50.7 Å². The third kappa shape index (κ3) is 3.38. The first-order chi connectivity index (χ1) is 9.38. The molecule has 2 rings (SSSR count). The second-order valence-corrected chi connectivity index (χ2v) is 5.99. The van der Waals surface area contributed by atoms with Gasteiger partial charge in [0.15, 0.2) is 0 Å². The van der Waals surface area contributed by atoms with Crippen LogP contribution in [0.4, 0.5) is 0 Å². The van der Waals surface area contributed by atoms with Crippen LogP contribution in [-0.2, 0) is 0 Å². The number of nitrogens with two attached hydrogens (primary N) is 1. The third-order valence-electron chi connectivity index (χ3n) is 2.43. The first kappa shape index (κ1) is 15.4. The summed E-state index contributed by atoms with van der Waals surface area (Å²) >= 11 is 21.2. The fourth-order valence-electron chi connectivity index (χ4n) is 1.50. The molecule has 0 spiro atoms. The summed E-state index contributed by atoms with van der Waals surface area (Å²) in [7, 11) is 0. The quantitative estimate of drug-likeness (QED) is 0.411. The molecule has 0 aliphatic heterocycles. The van der Waals surface area contributed by atoms with Crippen molar-refractivity contribution in [3.05, 3.63) is 55.4 Å². The van der Waals surface area contributed by atoms with Gasteiger partial charge in [0, 0.05) is 10.5 Å². The van der Waals surface area contributed by atoms with E-state index in [-0.39, 0.29) is 5.84 Å². The molecular weight excluding hydrogens is 386 g/mol. The van der Waals surface area contributed by atoms with Crippen molar-refractivity contribution in [1.29, 1.82) is 5.41 Å². The summed E-state index contributed by atoms with van der Waals surface area (Å²) in [5.74, 6) is 0.623. The maximum atomic E-state index is 7.54. The van der Waals surface area contributed by atoms with Crippen molar-refractivity contribution < 1.29 is 4.74 Å². The molecule has 0 aliphatic rings. The number of benzene rings is 2. The second kappa shape index (κ2) is 6.22. The third-order valence-corrected chi connectivity index (χ3v) is 3.94. The molecule has 20 heavy (non-hydrogen) atoms. The average molecular weight is 394 g/mol. The van der Waals surface area contributed by atoms with Crippen molar-refractivity contribution in [1.82, 2.24) is 0 Å². The summed E-state index contributed by atoms with van der Waals surface area (Å²) in [6.45, 7) is 0. The van der Waals surface area contributed by atoms with Crippen LogP contribution in [0.5, 0.6) is 11.5 Å². The van der Waals surface area contributed by atoms with Crippen LogP contribution in [-0.4, -0.2) is 5.84 Å². The highest BCUT2D eigenvalue weighted by atomic mass is 79.9. The lowest BCUT2D eigenvalue weighted by molar-refractivity contribution is 0.481. The maximum Gasteiger partial charge on any atom is 0.147 e. The highest BCUT2D eigenvalue weighted by Crippen LogP contribution is 2.37. The first-order valence-corrected chi connectivity index (χ1v) is 7.27. The Kier molecular flexibility index (Phi) is 4.81. The molecular formula is C13H8BrCl3N2O. The van der Waals surface area contributed by atoms with Crippen molar-refractivity contribution in [3.63, 3.8) is 0 Å². The van der Waals surface area contributed by atoms with Crippen LogP contribution >= 0.6 is 50.7 Å². The van der Waals surface area contributed by atoms with E-state index in [2.05, 4.69) is 15.9 Å². The summed E-state index contributed by atoms with van der Waals surface area (Å²) < 4.78 is 6.48. The minimum atomic E-state index is -0.108. The van der Waals surface area contributed by atoms with Crippen molar-refractivity contribution in [2.24, 2.45) is 5.73 Å². The Balaban J connectivity index is 2.47. The molecule has 7 heteroatoms. The average Bonchev–Trinajstić information content (AvgIpc) is 2.35. The molecule has 0 saturated heterocycles. The van der Waals surface area contributed by atoms with Crippen LogP contribution in [0.15, 0.2) is 34.8 Å². The van der Waals surface area contributed by atoms with Gasteiger partial charge in [-0.1, -0.05) is 50.7 Å². The summed E-state index contributed by atoms with van der Waals surface area (Å²) in [6.07, 6.45) is 0. The molecule has 2 aromatic rings. The number of nitrogens with one attached hydrogen (secondary N) is 1. The predicted molar refractivity (Wildman–Crippen MR) is 86.7 cm³/mol. The topological polar surface area (TPSA) is 59.1 Å². The van der Waals surface area contributed by atoms with Gasteiger partial charge in [0.05, 0.1) is 20.6 Å². The van der Waals surface area contributed by atoms with E-state index in [0.717, 1.165) is 4.47 Å². The van der Waals surface area contributed by atoms with Crippen LogP contribution in [0.25, 0.3) is 0 Å². The van der Waals surface area contributed by atoms with Gasteiger partial charge in [0.25, 0.3) is 0 Å². The van der Waals surface area contributed by atoms with E-state index in [9.17, 15) is 0 Å². The molecule has 3 nitrogen and oxygen atoms in total. The fraction of sp³-hybridized carbons (Fsp3) is 0. The minimum Gasteiger partial charge on any atom is -0.455 e. The standard InChI is InChI=1S/C13H8BrCl3N2O/c14-6-1-2-7(13(18)19)11(3-6)20-12-5-9(16)8(15)4-10(12)17/h1-5H,(H3,18,19). The van der Waals surface area contributed by atoms with Crippen LogP contribution < -0.4 is 10.5 Å². The Morgan fingerprint density at radius 1 is 1.00 bits per heavy atom. The number of amidine groups is 1. The molecule has 0 saturated carbocycles. The van der Waals surface area contributed by atoms with Crippen molar-refractivity contribution in [3.8, 4) is 11.5 Å². The monoisotopic (exact) mass is 392 g/mol. The zero-order valence-electron chi connectivity index (χ0n) is 9.88. The van der Waals surface area contributed by atoms with Gasteiger partial charge in [-0.05, 0) is 24.3 Å². The number of nitrogen functional groups attached to an aromatic ring is 1. The van der Waals surface area contributed by atoms with Crippen LogP contribution in [0.2, 0.25) is 15.1 Å². The van der Waals surface area contributed by atoms with E-state index < -0.39 is 0 Å². The van der Waals surface area contributed by atoms with Crippen molar-refractivity contribution in [2.45, 2.75) is 0 Å². The Morgan fingerprint density at radius 3 is 2.30 bits per heavy atom. The molecule has 0 heterocycles. The Morgan fingerprint density at radius 2 is 1.65 bits per heavy atom. The molecule has 0 amide bonds. The van der Waals surface area contributed by atoms with Gasteiger partial charge in [-0.25, -0.2) is 0 Å². The van der Waals surface area contributed by atoms with E-state index in [1.807, 2.05) is 0 Å². The van der Waals surface area contributed by atoms with E-state index >= 15 is 0 Å². The summed E-state index contributed by atoms with van der Waals surface area (Å²) in [5.41, 5.74) is 5.97. The summed E-state index contributed by atoms with van der Waals surface area (Å²) in [4.78, 5) is 0. The molecule has 2 aromatic carbocycles. The molecule has 3 N–H and O–H groups in total. The van der Waals surface area contributed by atoms with E-state index in [0.29, 0.717) is 32.1 Å². The molecule has 104 valence electrons. The van der Waals surface area contributed by atoms with Gasteiger partial charge in [-0.15, -0.1) is 0 Å². The number of hydrogen-bond donors (Lipinski definition) is 2. The summed E-state index contributed by atoms with van der Waals surface area (Å²) in [5, 5.41) is 8.52.